The molecular weight excluding hydrogens is 196 g/mol. The lowest BCUT2D eigenvalue weighted by atomic mass is 10.1. The normalized spacial score (nSPS) is 13.1. The van der Waals surface area contributed by atoms with Crippen molar-refractivity contribution in [2.24, 2.45) is 0 Å². The summed E-state index contributed by atoms with van der Waals surface area (Å²) < 4.78 is 5.77. The first kappa shape index (κ1) is 12.8. The zero-order chi connectivity index (χ0) is 12.0. The fraction of sp³-hybridized carbons (Fsp3) is 0.467. The van der Waals surface area contributed by atoms with Gasteiger partial charge in [-0.25, -0.2) is 0 Å². The molecule has 1 heteroatoms. The van der Waals surface area contributed by atoms with Crippen molar-refractivity contribution >= 4 is 0 Å². The molecule has 1 aromatic carbocycles. The number of ether oxygens (including phenoxy) is 1. The summed E-state index contributed by atoms with van der Waals surface area (Å²) in [6.07, 6.45) is 7.21. The second-order valence-corrected chi connectivity index (χ2v) is 4.91. The van der Waals surface area contributed by atoms with E-state index in [1.54, 1.807) is 0 Å². The topological polar surface area (TPSA) is 9.23 Å². The van der Waals surface area contributed by atoms with E-state index in [0.29, 0.717) is 0 Å². The van der Waals surface area contributed by atoms with Crippen LogP contribution >= 0.6 is 0 Å². The van der Waals surface area contributed by atoms with Crippen LogP contribution in [0.15, 0.2) is 30.3 Å². The van der Waals surface area contributed by atoms with Crippen LogP contribution in [-0.2, 0) is 11.2 Å². The van der Waals surface area contributed by atoms with Crippen LogP contribution in [0.2, 0.25) is 0 Å². The Morgan fingerprint density at radius 2 is 1.88 bits per heavy atom. The Labute approximate surface area is 98.8 Å². The molecule has 0 bridgehead atoms. The third-order valence-corrected chi connectivity index (χ3v) is 2.22. The molecule has 0 radical (unpaired) electrons. The maximum Gasteiger partial charge on any atom is 0.119 e. The Bertz CT molecular complexity index is 340. The van der Waals surface area contributed by atoms with E-state index >= 15 is 0 Å². The second kappa shape index (κ2) is 5.72. The zero-order valence-electron chi connectivity index (χ0n) is 10.4. The van der Waals surface area contributed by atoms with Crippen LogP contribution in [0.3, 0.4) is 0 Å². The van der Waals surface area contributed by atoms with Gasteiger partial charge < -0.3 is 4.74 Å². The van der Waals surface area contributed by atoms with Crippen molar-refractivity contribution in [1.29, 1.82) is 0 Å². The van der Waals surface area contributed by atoms with Crippen molar-refractivity contribution in [2.75, 3.05) is 0 Å². The smallest absolute Gasteiger partial charge is 0.119 e. The van der Waals surface area contributed by atoms with Crippen LogP contribution < -0.4 is 0 Å². The molecular formula is C15H20O. The number of terminal acetylenes is 1. The van der Waals surface area contributed by atoms with Gasteiger partial charge in [-0.05, 0) is 39.2 Å². The lowest BCUT2D eigenvalue weighted by molar-refractivity contribution is -0.0363. The van der Waals surface area contributed by atoms with Gasteiger partial charge in [0.05, 0.1) is 5.60 Å². The van der Waals surface area contributed by atoms with Gasteiger partial charge in [0, 0.05) is 0 Å². The van der Waals surface area contributed by atoms with Crippen LogP contribution in [0.1, 0.15) is 32.8 Å². The molecule has 1 atom stereocenters. The first-order chi connectivity index (χ1) is 7.51. The summed E-state index contributed by atoms with van der Waals surface area (Å²) in [5.74, 6) is 2.71. The van der Waals surface area contributed by atoms with Crippen LogP contribution in [0, 0.1) is 12.3 Å². The minimum atomic E-state index is -0.173. The van der Waals surface area contributed by atoms with E-state index in [2.05, 4.69) is 18.1 Å². The fourth-order valence-corrected chi connectivity index (χ4v) is 1.55. The number of aryl methyl sites for hydroxylation is 1. The van der Waals surface area contributed by atoms with Gasteiger partial charge in [0.25, 0.3) is 0 Å². The van der Waals surface area contributed by atoms with Crippen molar-refractivity contribution in [3.8, 4) is 12.3 Å². The predicted molar refractivity (Wildman–Crippen MR) is 68.2 cm³/mol. The van der Waals surface area contributed by atoms with E-state index in [-0.39, 0.29) is 11.7 Å². The van der Waals surface area contributed by atoms with Crippen molar-refractivity contribution in [3.63, 3.8) is 0 Å². The molecule has 86 valence electrons. The van der Waals surface area contributed by atoms with Crippen LogP contribution in [0.5, 0.6) is 0 Å². The fourth-order valence-electron chi connectivity index (χ4n) is 1.55. The molecule has 1 unspecified atom stereocenters. The molecule has 16 heavy (non-hydrogen) atoms. The number of rotatable bonds is 4. The van der Waals surface area contributed by atoms with Crippen molar-refractivity contribution < 1.29 is 4.74 Å². The molecule has 0 saturated carbocycles. The van der Waals surface area contributed by atoms with Gasteiger partial charge in [0.15, 0.2) is 0 Å². The summed E-state index contributed by atoms with van der Waals surface area (Å²) in [6.45, 7) is 6.08. The van der Waals surface area contributed by atoms with Gasteiger partial charge in [-0.2, -0.15) is 0 Å². The number of hydrogen-bond donors (Lipinski definition) is 0. The summed E-state index contributed by atoms with van der Waals surface area (Å²) in [5, 5.41) is 0. The highest BCUT2D eigenvalue weighted by Crippen LogP contribution is 2.14. The largest absolute Gasteiger partial charge is 0.360 e. The van der Waals surface area contributed by atoms with Gasteiger partial charge >= 0.3 is 0 Å². The molecule has 0 spiro atoms. The van der Waals surface area contributed by atoms with E-state index in [4.69, 9.17) is 11.2 Å². The molecule has 0 aliphatic rings. The molecule has 0 saturated heterocycles. The third-order valence-electron chi connectivity index (χ3n) is 2.22. The average molecular weight is 216 g/mol. The highest BCUT2D eigenvalue weighted by molar-refractivity contribution is 5.15. The maximum atomic E-state index is 5.77. The minimum absolute atomic E-state index is 0.0970. The Morgan fingerprint density at radius 3 is 2.38 bits per heavy atom. The molecule has 0 fully saturated rings. The quantitative estimate of drug-likeness (QED) is 0.701. The standard InChI is InChI=1S/C15H20O/c1-5-14(16-15(2,3)4)12-11-13-9-7-6-8-10-13/h1,6-10,14H,11-12H2,2-4H3. The van der Waals surface area contributed by atoms with Gasteiger partial charge in [0.1, 0.15) is 6.10 Å². The Morgan fingerprint density at radius 1 is 1.25 bits per heavy atom. The summed E-state index contributed by atoms with van der Waals surface area (Å²) in [6, 6.07) is 10.3. The zero-order valence-corrected chi connectivity index (χ0v) is 10.4. The SMILES string of the molecule is C#CC(CCc1ccccc1)OC(C)(C)C. The van der Waals surface area contributed by atoms with Crippen LogP contribution in [0.4, 0.5) is 0 Å². The van der Waals surface area contributed by atoms with Crippen LogP contribution in [0.25, 0.3) is 0 Å². The summed E-state index contributed by atoms with van der Waals surface area (Å²) in [5.41, 5.74) is 1.13. The van der Waals surface area contributed by atoms with Gasteiger partial charge in [-0.1, -0.05) is 36.3 Å². The van der Waals surface area contributed by atoms with E-state index < -0.39 is 0 Å². The molecule has 0 aromatic heterocycles. The Balaban J connectivity index is 2.44. The van der Waals surface area contributed by atoms with Crippen molar-refractivity contribution in [1.82, 2.24) is 0 Å². The highest BCUT2D eigenvalue weighted by Gasteiger charge is 2.16. The second-order valence-electron chi connectivity index (χ2n) is 4.91. The molecule has 1 aromatic rings. The van der Waals surface area contributed by atoms with E-state index in [1.807, 2.05) is 39.0 Å². The molecule has 1 nitrogen and oxygen atoms in total. The first-order valence-corrected chi connectivity index (χ1v) is 5.69. The lowest BCUT2D eigenvalue weighted by Crippen LogP contribution is -2.26. The maximum absolute atomic E-state index is 5.77. The Kier molecular flexibility index (Phi) is 4.58. The summed E-state index contributed by atoms with van der Waals surface area (Å²) >= 11 is 0. The molecule has 1 rings (SSSR count). The molecule has 0 aliphatic heterocycles. The summed E-state index contributed by atoms with van der Waals surface area (Å²) in [7, 11) is 0. The van der Waals surface area contributed by atoms with Crippen molar-refractivity contribution in [2.45, 2.75) is 45.3 Å². The van der Waals surface area contributed by atoms with Crippen LogP contribution in [-0.4, -0.2) is 11.7 Å². The van der Waals surface area contributed by atoms with E-state index in [0.717, 1.165) is 12.8 Å². The van der Waals surface area contributed by atoms with E-state index in [9.17, 15) is 0 Å². The van der Waals surface area contributed by atoms with Gasteiger partial charge in [-0.3, -0.25) is 0 Å². The average Bonchev–Trinajstić information content (AvgIpc) is 2.24. The lowest BCUT2D eigenvalue weighted by Gasteiger charge is -2.24. The Hall–Kier alpha value is -1.26. The predicted octanol–water partition coefficient (Wildman–Crippen LogP) is 3.44. The monoisotopic (exact) mass is 216 g/mol. The van der Waals surface area contributed by atoms with Crippen molar-refractivity contribution in [3.05, 3.63) is 35.9 Å². The first-order valence-electron chi connectivity index (χ1n) is 5.69. The molecule has 0 aliphatic carbocycles. The molecule has 0 N–H and O–H groups in total. The minimum Gasteiger partial charge on any atom is -0.360 e. The number of benzene rings is 1. The number of hydrogen-bond acceptors (Lipinski definition) is 1. The van der Waals surface area contributed by atoms with Gasteiger partial charge in [0.2, 0.25) is 0 Å². The summed E-state index contributed by atoms with van der Waals surface area (Å²) in [4.78, 5) is 0. The highest BCUT2D eigenvalue weighted by atomic mass is 16.5. The molecule has 0 heterocycles. The molecule has 0 amide bonds. The third kappa shape index (κ3) is 5.00. The van der Waals surface area contributed by atoms with E-state index in [1.165, 1.54) is 5.56 Å². The van der Waals surface area contributed by atoms with Gasteiger partial charge in [-0.15, -0.1) is 6.42 Å².